The molecule has 1 aromatic heterocycles. The van der Waals surface area contributed by atoms with Gasteiger partial charge in [-0.2, -0.15) is 0 Å². The van der Waals surface area contributed by atoms with E-state index in [1.54, 1.807) is 6.92 Å². The fourth-order valence-corrected chi connectivity index (χ4v) is 2.06. The molecule has 0 bridgehead atoms. The standard InChI is InChI=1S/C15H19N3O3/c1-10(19)6-7-16-15(21)17-9-11-8-14(20)18-13-5-3-2-4-12(11)13/h2-5,8,10,19H,6-7,9H2,1H3,(H,18,20)(H2,16,17,21). The van der Waals surface area contributed by atoms with Crippen LogP contribution in [0.4, 0.5) is 4.79 Å². The summed E-state index contributed by atoms with van der Waals surface area (Å²) in [5.41, 5.74) is 1.32. The summed E-state index contributed by atoms with van der Waals surface area (Å²) >= 11 is 0. The van der Waals surface area contributed by atoms with Crippen molar-refractivity contribution in [1.29, 1.82) is 0 Å². The molecule has 1 unspecified atom stereocenters. The van der Waals surface area contributed by atoms with Crippen LogP contribution in [-0.2, 0) is 6.54 Å². The van der Waals surface area contributed by atoms with Gasteiger partial charge in [-0.3, -0.25) is 4.79 Å². The number of H-pyrrole nitrogens is 1. The maximum absolute atomic E-state index is 11.6. The molecule has 1 atom stereocenters. The van der Waals surface area contributed by atoms with Crippen LogP contribution in [0.25, 0.3) is 10.9 Å². The number of pyridine rings is 1. The first-order valence-electron chi connectivity index (χ1n) is 6.87. The van der Waals surface area contributed by atoms with E-state index < -0.39 is 6.10 Å². The number of hydrogen-bond donors (Lipinski definition) is 4. The largest absolute Gasteiger partial charge is 0.393 e. The van der Waals surface area contributed by atoms with Crippen LogP contribution in [0.1, 0.15) is 18.9 Å². The second kappa shape index (κ2) is 6.90. The third kappa shape index (κ3) is 4.32. The van der Waals surface area contributed by atoms with Crippen molar-refractivity contribution < 1.29 is 9.90 Å². The van der Waals surface area contributed by atoms with E-state index in [1.807, 2.05) is 24.3 Å². The number of benzene rings is 1. The molecule has 0 fully saturated rings. The van der Waals surface area contributed by atoms with Crippen molar-refractivity contribution in [2.24, 2.45) is 0 Å². The summed E-state index contributed by atoms with van der Waals surface area (Å²) in [7, 11) is 0. The molecule has 21 heavy (non-hydrogen) atoms. The maximum Gasteiger partial charge on any atom is 0.315 e. The number of carbonyl (C=O) groups excluding carboxylic acids is 1. The number of urea groups is 1. The van der Waals surface area contributed by atoms with Gasteiger partial charge < -0.3 is 20.7 Å². The highest BCUT2D eigenvalue weighted by molar-refractivity contribution is 5.82. The number of fused-ring (bicyclic) bond motifs is 1. The van der Waals surface area contributed by atoms with E-state index in [4.69, 9.17) is 5.11 Å². The number of aliphatic hydroxyl groups is 1. The van der Waals surface area contributed by atoms with Gasteiger partial charge in [-0.25, -0.2) is 4.79 Å². The van der Waals surface area contributed by atoms with Crippen LogP contribution >= 0.6 is 0 Å². The van der Waals surface area contributed by atoms with E-state index in [0.717, 1.165) is 16.5 Å². The third-order valence-corrected chi connectivity index (χ3v) is 3.12. The number of aliphatic hydroxyl groups excluding tert-OH is 1. The van der Waals surface area contributed by atoms with Crippen LogP contribution in [0, 0.1) is 0 Å². The Kier molecular flexibility index (Phi) is 4.94. The first-order valence-corrected chi connectivity index (χ1v) is 6.87. The number of rotatable bonds is 5. The van der Waals surface area contributed by atoms with Gasteiger partial charge in [0.15, 0.2) is 0 Å². The summed E-state index contributed by atoms with van der Waals surface area (Å²) in [6.07, 6.45) is 0.0587. The summed E-state index contributed by atoms with van der Waals surface area (Å²) < 4.78 is 0. The molecule has 1 heterocycles. The molecule has 2 rings (SSSR count). The topological polar surface area (TPSA) is 94.2 Å². The fourth-order valence-electron chi connectivity index (χ4n) is 2.06. The zero-order chi connectivity index (χ0) is 15.2. The van der Waals surface area contributed by atoms with Crippen LogP contribution in [-0.4, -0.2) is 28.8 Å². The van der Waals surface area contributed by atoms with Crippen LogP contribution in [0.15, 0.2) is 35.1 Å². The van der Waals surface area contributed by atoms with Crippen LogP contribution in [0.2, 0.25) is 0 Å². The molecule has 0 radical (unpaired) electrons. The van der Waals surface area contributed by atoms with Crippen molar-refractivity contribution in [3.63, 3.8) is 0 Å². The van der Waals surface area contributed by atoms with Crippen LogP contribution in [0.5, 0.6) is 0 Å². The molecule has 6 nitrogen and oxygen atoms in total. The molecule has 2 amide bonds. The number of nitrogens with one attached hydrogen (secondary N) is 3. The lowest BCUT2D eigenvalue weighted by atomic mass is 10.1. The summed E-state index contributed by atoms with van der Waals surface area (Å²) in [6.45, 7) is 2.34. The molecule has 0 aliphatic heterocycles. The van der Waals surface area contributed by atoms with Crippen molar-refractivity contribution in [2.75, 3.05) is 6.54 Å². The van der Waals surface area contributed by atoms with Crippen molar-refractivity contribution >= 4 is 16.9 Å². The molecule has 6 heteroatoms. The van der Waals surface area contributed by atoms with Crippen molar-refractivity contribution in [3.05, 3.63) is 46.2 Å². The molecule has 2 aromatic rings. The number of aromatic amines is 1. The third-order valence-electron chi connectivity index (χ3n) is 3.12. The Balaban J connectivity index is 2.00. The monoisotopic (exact) mass is 289 g/mol. The minimum atomic E-state index is -0.443. The maximum atomic E-state index is 11.6. The molecule has 4 N–H and O–H groups in total. The zero-order valence-electron chi connectivity index (χ0n) is 11.8. The number of amides is 2. The lowest BCUT2D eigenvalue weighted by molar-refractivity contribution is 0.183. The molecule has 0 aliphatic carbocycles. The molecule has 0 spiro atoms. The van der Waals surface area contributed by atoms with Crippen molar-refractivity contribution in [1.82, 2.24) is 15.6 Å². The summed E-state index contributed by atoms with van der Waals surface area (Å²) in [4.78, 5) is 26.0. The van der Waals surface area contributed by atoms with E-state index in [1.165, 1.54) is 6.07 Å². The Bertz CT molecular complexity index is 679. The average molecular weight is 289 g/mol. The van der Waals surface area contributed by atoms with E-state index in [0.29, 0.717) is 13.0 Å². The fraction of sp³-hybridized carbons (Fsp3) is 0.333. The Morgan fingerprint density at radius 1 is 1.33 bits per heavy atom. The Labute approximate surface area is 122 Å². The predicted molar refractivity (Wildman–Crippen MR) is 81.1 cm³/mol. The number of hydrogen-bond acceptors (Lipinski definition) is 3. The summed E-state index contributed by atoms with van der Waals surface area (Å²) in [5, 5.41) is 15.4. The van der Waals surface area contributed by atoms with Gasteiger partial charge in [-0.1, -0.05) is 18.2 Å². The highest BCUT2D eigenvalue weighted by atomic mass is 16.3. The van der Waals surface area contributed by atoms with E-state index in [-0.39, 0.29) is 18.1 Å². The zero-order valence-corrected chi connectivity index (χ0v) is 11.8. The van der Waals surface area contributed by atoms with Gasteiger partial charge in [0.05, 0.1) is 6.10 Å². The Hall–Kier alpha value is -2.34. The van der Waals surface area contributed by atoms with Crippen molar-refractivity contribution in [3.8, 4) is 0 Å². The van der Waals surface area contributed by atoms with E-state index in [2.05, 4.69) is 15.6 Å². The van der Waals surface area contributed by atoms with Gasteiger partial charge in [-0.15, -0.1) is 0 Å². The lowest BCUT2D eigenvalue weighted by Gasteiger charge is -2.10. The molecular weight excluding hydrogens is 270 g/mol. The number of para-hydroxylation sites is 1. The van der Waals surface area contributed by atoms with Gasteiger partial charge in [0.2, 0.25) is 5.56 Å². The molecule has 0 saturated heterocycles. The van der Waals surface area contributed by atoms with Crippen molar-refractivity contribution in [2.45, 2.75) is 26.0 Å². The van der Waals surface area contributed by atoms with Gasteiger partial charge in [0.1, 0.15) is 0 Å². The Morgan fingerprint density at radius 2 is 2.10 bits per heavy atom. The van der Waals surface area contributed by atoms with Gasteiger partial charge in [0.25, 0.3) is 0 Å². The Morgan fingerprint density at radius 3 is 2.86 bits per heavy atom. The van der Waals surface area contributed by atoms with E-state index in [9.17, 15) is 9.59 Å². The summed E-state index contributed by atoms with van der Waals surface area (Å²) in [5.74, 6) is 0. The predicted octanol–water partition coefficient (Wildman–Crippen LogP) is 1.10. The highest BCUT2D eigenvalue weighted by Crippen LogP contribution is 2.13. The lowest BCUT2D eigenvalue weighted by Crippen LogP contribution is -2.36. The SMILES string of the molecule is CC(O)CCNC(=O)NCc1cc(=O)[nH]c2ccccc12. The number of aromatic nitrogens is 1. The highest BCUT2D eigenvalue weighted by Gasteiger charge is 2.05. The normalized spacial score (nSPS) is 12.1. The molecule has 0 saturated carbocycles. The second-order valence-electron chi connectivity index (χ2n) is 4.95. The molecular formula is C15H19N3O3. The van der Waals surface area contributed by atoms with Gasteiger partial charge in [-0.05, 0) is 25.0 Å². The molecule has 1 aromatic carbocycles. The van der Waals surface area contributed by atoms with Crippen LogP contribution in [0.3, 0.4) is 0 Å². The van der Waals surface area contributed by atoms with E-state index >= 15 is 0 Å². The van der Waals surface area contributed by atoms with Crippen LogP contribution < -0.4 is 16.2 Å². The minimum Gasteiger partial charge on any atom is -0.393 e. The first-order chi connectivity index (χ1) is 10.1. The first kappa shape index (κ1) is 15.1. The average Bonchev–Trinajstić information content (AvgIpc) is 2.44. The van der Waals surface area contributed by atoms with Gasteiger partial charge in [0, 0.05) is 30.1 Å². The van der Waals surface area contributed by atoms with Gasteiger partial charge >= 0.3 is 6.03 Å². The molecule has 112 valence electrons. The molecule has 0 aliphatic rings. The number of carbonyl (C=O) groups is 1. The quantitative estimate of drug-likeness (QED) is 0.664. The summed E-state index contributed by atoms with van der Waals surface area (Å²) in [6, 6.07) is 8.61. The smallest absolute Gasteiger partial charge is 0.315 e. The second-order valence-corrected chi connectivity index (χ2v) is 4.95. The minimum absolute atomic E-state index is 0.194.